The van der Waals surface area contributed by atoms with Gasteiger partial charge < -0.3 is 14.6 Å². The summed E-state index contributed by atoms with van der Waals surface area (Å²) in [6, 6.07) is 20.2. The number of hydrogen-bond acceptors (Lipinski definition) is 4. The predicted molar refractivity (Wildman–Crippen MR) is 124 cm³/mol. The molecule has 4 aromatic rings. The first-order chi connectivity index (χ1) is 16.0. The van der Waals surface area contributed by atoms with Crippen molar-refractivity contribution in [2.24, 2.45) is 0 Å². The molecule has 0 aliphatic rings. The molecule has 0 atom stereocenters. The van der Waals surface area contributed by atoms with Crippen molar-refractivity contribution >= 4 is 23.6 Å². The lowest BCUT2D eigenvalue weighted by atomic mass is 10.1. The normalized spacial score (nSPS) is 10.6. The maximum Gasteiger partial charge on any atom is 0.228 e. The van der Waals surface area contributed by atoms with E-state index in [1.165, 1.54) is 36.5 Å². The fourth-order valence-corrected chi connectivity index (χ4v) is 3.44. The second-order valence-corrected chi connectivity index (χ2v) is 7.79. The number of hydrogen-bond donors (Lipinski definition) is 1. The van der Waals surface area contributed by atoms with E-state index in [2.05, 4.69) is 10.3 Å². The Balaban J connectivity index is 1.60. The molecule has 1 aromatic heterocycles. The largest absolute Gasteiger partial charge is 0.455 e. The van der Waals surface area contributed by atoms with Crippen molar-refractivity contribution in [3.8, 4) is 22.8 Å². The van der Waals surface area contributed by atoms with E-state index in [4.69, 9.17) is 9.29 Å². The van der Waals surface area contributed by atoms with Gasteiger partial charge in [-0.3, -0.25) is 9.78 Å². The molecule has 3 N–H and O–H groups in total. The monoisotopic (exact) mass is 465 g/mol. The van der Waals surface area contributed by atoms with Gasteiger partial charge in [-0.25, -0.2) is 8.78 Å². The van der Waals surface area contributed by atoms with E-state index < -0.39 is 11.6 Å². The van der Waals surface area contributed by atoms with Crippen LogP contribution in [0.3, 0.4) is 0 Å². The van der Waals surface area contributed by atoms with Crippen LogP contribution in [0.5, 0.6) is 11.5 Å². The molecule has 8 heteroatoms. The summed E-state index contributed by atoms with van der Waals surface area (Å²) >= 11 is 0.883. The predicted octanol–water partition coefficient (Wildman–Crippen LogP) is 5.73. The summed E-state index contributed by atoms with van der Waals surface area (Å²) in [6.07, 6.45) is 1.59. The van der Waals surface area contributed by atoms with Gasteiger partial charge in [0.2, 0.25) is 17.9 Å². The van der Waals surface area contributed by atoms with Gasteiger partial charge in [-0.15, -0.1) is 0 Å². The topological polar surface area (TPSA) is 74.1 Å². The Hall–Kier alpha value is -3.75. The van der Waals surface area contributed by atoms with Crippen molar-refractivity contribution in [3.05, 3.63) is 102 Å². The van der Waals surface area contributed by atoms with E-state index >= 15 is 0 Å². The van der Waals surface area contributed by atoms with Crippen LogP contribution >= 0.6 is 12.0 Å². The molecule has 0 saturated heterocycles. The van der Waals surface area contributed by atoms with E-state index in [1.54, 1.807) is 48.5 Å². The number of nitrogens with one attached hydrogen (secondary N) is 1. The zero-order valence-electron chi connectivity index (χ0n) is 17.2. The van der Waals surface area contributed by atoms with Gasteiger partial charge in [0.1, 0.15) is 23.1 Å². The van der Waals surface area contributed by atoms with Gasteiger partial charge in [0, 0.05) is 17.7 Å². The minimum Gasteiger partial charge on any atom is -0.455 e. The van der Waals surface area contributed by atoms with Crippen LogP contribution in [0.2, 0.25) is 0 Å². The van der Waals surface area contributed by atoms with Crippen LogP contribution in [0.25, 0.3) is 11.3 Å². The lowest BCUT2D eigenvalue weighted by Crippen LogP contribution is -2.14. The first kappa shape index (κ1) is 22.4. The molecule has 0 aliphatic carbocycles. The Morgan fingerprint density at radius 3 is 2.39 bits per heavy atom. The second kappa shape index (κ2) is 10.2. The minimum absolute atomic E-state index is 0.134. The summed E-state index contributed by atoms with van der Waals surface area (Å²) in [5.74, 6) is -0.685. The number of anilines is 1. The minimum atomic E-state index is -0.466. The van der Waals surface area contributed by atoms with E-state index in [9.17, 15) is 13.6 Å². The third kappa shape index (κ3) is 5.94. The number of pyridine rings is 1. The maximum absolute atomic E-state index is 13.8. The smallest absolute Gasteiger partial charge is 0.228 e. The van der Waals surface area contributed by atoms with Gasteiger partial charge in [-0.05, 0) is 42.0 Å². The van der Waals surface area contributed by atoms with Crippen LogP contribution in [0.4, 0.5) is 14.5 Å². The third-order valence-corrected chi connectivity index (χ3v) is 5.17. The fourth-order valence-electron chi connectivity index (χ4n) is 3.17. The SMILES string of the molecule is O=C(Cc1ccc(S[OH2+])cc1)Nc1cnc(-c2cccc(F)c2)c(Oc2cccc(F)c2)c1. The van der Waals surface area contributed by atoms with E-state index in [0.717, 1.165) is 22.5 Å². The molecule has 1 amide bonds. The van der Waals surface area contributed by atoms with Crippen LogP contribution < -0.4 is 10.1 Å². The average Bonchev–Trinajstić information content (AvgIpc) is 2.80. The Labute approximate surface area is 193 Å². The van der Waals surface area contributed by atoms with Crippen LogP contribution in [0.1, 0.15) is 5.56 Å². The van der Waals surface area contributed by atoms with Gasteiger partial charge in [0.05, 0.1) is 23.2 Å². The van der Waals surface area contributed by atoms with Crippen LogP contribution in [0.15, 0.2) is 90.0 Å². The van der Waals surface area contributed by atoms with Gasteiger partial charge >= 0.3 is 0 Å². The van der Waals surface area contributed by atoms with Gasteiger partial charge in [-0.1, -0.05) is 30.3 Å². The highest BCUT2D eigenvalue weighted by molar-refractivity contribution is 7.93. The van der Waals surface area contributed by atoms with Crippen molar-refractivity contribution < 1.29 is 22.9 Å². The van der Waals surface area contributed by atoms with Crippen molar-refractivity contribution in [2.75, 3.05) is 5.32 Å². The molecule has 1 heterocycles. The summed E-state index contributed by atoms with van der Waals surface area (Å²) in [6.45, 7) is 0. The number of rotatable bonds is 7. The van der Waals surface area contributed by atoms with Crippen molar-refractivity contribution in [1.82, 2.24) is 4.98 Å². The highest BCUT2D eigenvalue weighted by Gasteiger charge is 2.14. The number of halogens is 2. The summed E-state index contributed by atoms with van der Waals surface area (Å²) in [5.41, 5.74) is 2.00. The standard InChI is InChI=1S/C25H18F2N2O3S/c26-18-4-1-3-17(12-18)25-23(32-21-6-2-5-19(27)13-21)14-20(15-28-25)29-24(30)11-16-7-9-22(33-31)10-8-16/h1-10,12-15,31H,11H2,(H,29,30)/p+1. The number of nitrogens with zero attached hydrogens (tertiary/aromatic N) is 1. The molecule has 0 radical (unpaired) electrons. The maximum atomic E-state index is 13.8. The van der Waals surface area contributed by atoms with E-state index in [-0.39, 0.29) is 23.8 Å². The average molecular weight is 466 g/mol. The molecule has 0 bridgehead atoms. The molecule has 33 heavy (non-hydrogen) atoms. The van der Waals surface area contributed by atoms with Gasteiger partial charge in [-0.2, -0.15) is 0 Å². The van der Waals surface area contributed by atoms with Crippen molar-refractivity contribution in [3.63, 3.8) is 0 Å². The molecule has 5 nitrogen and oxygen atoms in total. The molecule has 3 aromatic carbocycles. The lowest BCUT2D eigenvalue weighted by Gasteiger charge is -2.13. The summed E-state index contributed by atoms with van der Waals surface area (Å²) in [7, 11) is 0. The number of amides is 1. The molecule has 0 fully saturated rings. The third-order valence-electron chi connectivity index (χ3n) is 4.66. The Kier molecular flexibility index (Phi) is 6.97. The molecule has 166 valence electrons. The lowest BCUT2D eigenvalue weighted by molar-refractivity contribution is -0.115. The zero-order chi connectivity index (χ0) is 23.2. The van der Waals surface area contributed by atoms with E-state index in [0.29, 0.717) is 16.9 Å². The van der Waals surface area contributed by atoms with E-state index in [1.807, 2.05) is 0 Å². The summed E-state index contributed by atoms with van der Waals surface area (Å²) in [4.78, 5) is 17.7. The molecule has 0 saturated carbocycles. The Morgan fingerprint density at radius 2 is 1.70 bits per heavy atom. The first-order valence-corrected chi connectivity index (χ1v) is 10.7. The van der Waals surface area contributed by atoms with Gasteiger partial charge in [0.15, 0.2) is 5.75 Å². The van der Waals surface area contributed by atoms with Crippen LogP contribution in [-0.4, -0.2) is 15.4 Å². The molecule has 0 aliphatic heterocycles. The van der Waals surface area contributed by atoms with Crippen LogP contribution in [0, 0.1) is 11.6 Å². The number of carbonyl (C=O) groups is 1. The number of ether oxygens (including phenoxy) is 1. The number of benzene rings is 3. The summed E-state index contributed by atoms with van der Waals surface area (Å²) < 4.78 is 40.6. The number of aromatic nitrogens is 1. The molecular formula is C25H19F2N2O3S+. The molecule has 0 unspecified atom stereocenters. The first-order valence-electron chi connectivity index (χ1n) is 9.92. The highest BCUT2D eigenvalue weighted by Crippen LogP contribution is 2.34. The molecular weight excluding hydrogens is 446 g/mol. The Bertz CT molecular complexity index is 1280. The quantitative estimate of drug-likeness (QED) is 0.279. The Morgan fingerprint density at radius 1 is 0.970 bits per heavy atom. The number of carbonyl (C=O) groups excluding carboxylic acids is 1. The fraction of sp³-hybridized carbons (Fsp3) is 0.0400. The van der Waals surface area contributed by atoms with Crippen LogP contribution in [-0.2, 0) is 11.2 Å². The highest BCUT2D eigenvalue weighted by atomic mass is 32.2. The zero-order valence-corrected chi connectivity index (χ0v) is 18.0. The van der Waals surface area contributed by atoms with Crippen molar-refractivity contribution in [2.45, 2.75) is 11.3 Å². The van der Waals surface area contributed by atoms with Gasteiger partial charge in [0.25, 0.3) is 0 Å². The summed E-state index contributed by atoms with van der Waals surface area (Å²) in [5, 5.41) is 2.77. The second-order valence-electron chi connectivity index (χ2n) is 7.11. The molecule has 0 spiro atoms. The van der Waals surface area contributed by atoms with Crippen molar-refractivity contribution in [1.29, 1.82) is 0 Å². The molecule has 4 rings (SSSR count).